The van der Waals surface area contributed by atoms with Gasteiger partial charge in [-0.1, -0.05) is 6.42 Å². The lowest BCUT2D eigenvalue weighted by Gasteiger charge is -2.34. The molecule has 10 nitrogen and oxygen atoms in total. The van der Waals surface area contributed by atoms with E-state index in [2.05, 4.69) is 10.6 Å². The number of methoxy groups -OCH3 is 1. The maximum absolute atomic E-state index is 15.1. The largest absolute Gasteiger partial charge is 0.382 e. The average molecular weight is 558 g/mol. The van der Waals surface area contributed by atoms with Crippen LogP contribution < -0.4 is 10.6 Å². The number of nitrogens with one attached hydrogen (secondary N) is 2. The van der Waals surface area contributed by atoms with Crippen LogP contribution in [0.15, 0.2) is 0 Å². The van der Waals surface area contributed by atoms with Gasteiger partial charge < -0.3 is 24.4 Å². The van der Waals surface area contributed by atoms with Crippen LogP contribution in [-0.2, 0) is 33.4 Å². The lowest BCUT2D eigenvalue weighted by atomic mass is 9.75. The van der Waals surface area contributed by atoms with Gasteiger partial charge in [0.15, 0.2) is 0 Å². The molecule has 220 valence electrons. The molecule has 0 aromatic carbocycles. The molecule has 0 bridgehead atoms. The molecule has 2 heterocycles. The third-order valence-electron chi connectivity index (χ3n) is 8.71. The summed E-state index contributed by atoms with van der Waals surface area (Å²) in [5, 5.41) is 4.80. The normalized spacial score (nSPS) is 31.7. The number of rotatable bonds is 12. The molecule has 4 rings (SSSR count). The van der Waals surface area contributed by atoms with Gasteiger partial charge in [0, 0.05) is 38.5 Å². The lowest BCUT2D eigenvalue weighted by Crippen LogP contribution is -2.53. The maximum atomic E-state index is 15.1. The first-order chi connectivity index (χ1) is 18.7. The van der Waals surface area contributed by atoms with Crippen molar-refractivity contribution in [3.8, 4) is 0 Å². The van der Waals surface area contributed by atoms with Crippen molar-refractivity contribution in [3.05, 3.63) is 0 Å². The molecule has 2 saturated heterocycles. The monoisotopic (exact) mass is 557 g/mol. The van der Waals surface area contributed by atoms with Crippen molar-refractivity contribution < 1.29 is 42.2 Å². The molecule has 2 N–H and O–H groups in total. The summed E-state index contributed by atoms with van der Waals surface area (Å²) >= 11 is 0. The predicted octanol–water partition coefficient (Wildman–Crippen LogP) is 1.66. The van der Waals surface area contributed by atoms with Crippen LogP contribution in [0.25, 0.3) is 0 Å². The number of piperidine rings is 1. The van der Waals surface area contributed by atoms with E-state index in [0.717, 1.165) is 0 Å². The Morgan fingerprint density at radius 1 is 1.05 bits per heavy atom. The van der Waals surface area contributed by atoms with E-state index >= 15 is 8.78 Å². The zero-order valence-electron chi connectivity index (χ0n) is 22.6. The van der Waals surface area contributed by atoms with Gasteiger partial charge in [-0.15, -0.1) is 0 Å². The van der Waals surface area contributed by atoms with Gasteiger partial charge in [-0.25, -0.2) is 0 Å². The summed E-state index contributed by atoms with van der Waals surface area (Å²) in [5.41, 5.74) is 0. The third-order valence-corrected chi connectivity index (χ3v) is 8.71. The van der Waals surface area contributed by atoms with Crippen molar-refractivity contribution in [2.24, 2.45) is 23.7 Å². The number of likely N-dealkylation sites (tertiary alicyclic amines) is 1. The number of halogens is 2. The predicted molar refractivity (Wildman–Crippen MR) is 135 cm³/mol. The first-order valence-electron chi connectivity index (χ1n) is 14.2. The summed E-state index contributed by atoms with van der Waals surface area (Å²) in [6.45, 7) is 2.15. The Bertz CT molecular complexity index is 905. The average Bonchev–Trinajstić information content (AvgIpc) is 3.24. The topological polar surface area (TPSA) is 123 Å². The quantitative estimate of drug-likeness (QED) is 0.276. The van der Waals surface area contributed by atoms with Gasteiger partial charge in [-0.3, -0.25) is 24.5 Å². The number of carbonyl (C=O) groups excluding carboxylic acids is 4. The second kappa shape index (κ2) is 13.5. The van der Waals surface area contributed by atoms with Crippen molar-refractivity contribution in [1.82, 2.24) is 15.5 Å². The summed E-state index contributed by atoms with van der Waals surface area (Å²) in [6, 6.07) is -0.635. The van der Waals surface area contributed by atoms with Gasteiger partial charge in [0.25, 0.3) is 5.91 Å². The van der Waals surface area contributed by atoms with Crippen LogP contribution in [0, 0.1) is 23.7 Å². The van der Waals surface area contributed by atoms with E-state index in [4.69, 9.17) is 14.2 Å². The van der Waals surface area contributed by atoms with E-state index < -0.39 is 29.7 Å². The lowest BCUT2D eigenvalue weighted by molar-refractivity contribution is -0.160. The van der Waals surface area contributed by atoms with Gasteiger partial charge in [0.05, 0.1) is 32.5 Å². The molecule has 4 fully saturated rings. The van der Waals surface area contributed by atoms with Gasteiger partial charge in [-0.2, -0.15) is 8.78 Å². The van der Waals surface area contributed by atoms with E-state index in [1.165, 1.54) is 0 Å². The molecule has 4 aliphatic rings. The maximum Gasteiger partial charge on any atom is 0.327 e. The summed E-state index contributed by atoms with van der Waals surface area (Å²) in [5.74, 6) is -6.84. The van der Waals surface area contributed by atoms with E-state index in [0.29, 0.717) is 71.5 Å². The Morgan fingerprint density at radius 3 is 2.62 bits per heavy atom. The fourth-order valence-electron chi connectivity index (χ4n) is 6.57. The number of ether oxygens (including phenoxy) is 3. The molecule has 0 radical (unpaired) electrons. The summed E-state index contributed by atoms with van der Waals surface area (Å²) in [6.07, 6.45) is 3.73. The van der Waals surface area contributed by atoms with Crippen LogP contribution in [0.3, 0.4) is 0 Å². The van der Waals surface area contributed by atoms with Gasteiger partial charge in [-0.05, 0) is 56.8 Å². The van der Waals surface area contributed by atoms with E-state index in [-0.39, 0.29) is 61.5 Å². The number of amides is 4. The number of imide groups is 1. The third kappa shape index (κ3) is 7.32. The number of carbonyl (C=O) groups is 4. The first-order valence-corrected chi connectivity index (χ1v) is 14.2. The molecule has 6 unspecified atom stereocenters. The minimum atomic E-state index is -3.49. The Morgan fingerprint density at radius 2 is 1.85 bits per heavy atom. The fraction of sp³-hybridized carbons (Fsp3) is 0.852. The van der Waals surface area contributed by atoms with Gasteiger partial charge in [0.2, 0.25) is 17.7 Å². The van der Waals surface area contributed by atoms with Crippen molar-refractivity contribution in [1.29, 1.82) is 0 Å². The smallest absolute Gasteiger partial charge is 0.327 e. The van der Waals surface area contributed by atoms with Crippen molar-refractivity contribution in [2.75, 3.05) is 46.6 Å². The summed E-state index contributed by atoms with van der Waals surface area (Å²) in [7, 11) is 1.58. The highest BCUT2D eigenvalue weighted by atomic mass is 19.3. The SMILES string of the molecule is COCCOCCOC1CCCC(C(F)(F)C(=O)NCC2CCC3C(=O)N(C4CCC(=O)NC4=O)CC3C2)C1. The highest BCUT2D eigenvalue weighted by Gasteiger charge is 2.50. The second-order valence-corrected chi connectivity index (χ2v) is 11.3. The molecule has 0 spiro atoms. The number of fused-ring (bicyclic) bond motifs is 1. The highest BCUT2D eigenvalue weighted by molar-refractivity contribution is 6.02. The summed E-state index contributed by atoms with van der Waals surface area (Å²) in [4.78, 5) is 50.9. The number of alkyl halides is 2. The highest BCUT2D eigenvalue weighted by Crippen LogP contribution is 2.42. The zero-order chi connectivity index (χ0) is 28.0. The zero-order valence-corrected chi connectivity index (χ0v) is 22.6. The number of hydrogen-bond donors (Lipinski definition) is 2. The molecule has 2 aliphatic carbocycles. The minimum Gasteiger partial charge on any atom is -0.382 e. The molecular weight excluding hydrogens is 516 g/mol. The molecule has 0 aromatic heterocycles. The molecule has 39 heavy (non-hydrogen) atoms. The van der Waals surface area contributed by atoms with Crippen LogP contribution in [0.4, 0.5) is 8.78 Å². The number of hydrogen-bond acceptors (Lipinski definition) is 7. The molecule has 4 amide bonds. The van der Waals surface area contributed by atoms with E-state index in [1.807, 2.05) is 0 Å². The van der Waals surface area contributed by atoms with Crippen molar-refractivity contribution >= 4 is 23.6 Å². The van der Waals surface area contributed by atoms with E-state index in [1.54, 1.807) is 12.0 Å². The standard InChI is InChI=1S/C27H41F2N3O7/c1-37-9-10-38-11-12-39-20-4-2-3-19(14-20)27(28,29)26(36)30-15-17-5-6-21-18(13-17)16-32(25(21)35)22-7-8-23(33)31-24(22)34/h17-22H,2-16H2,1H3,(H,30,36)(H,31,33,34). The van der Waals surface area contributed by atoms with Crippen LogP contribution in [0.2, 0.25) is 0 Å². The van der Waals surface area contributed by atoms with Gasteiger partial charge in [0.1, 0.15) is 6.04 Å². The van der Waals surface area contributed by atoms with Crippen LogP contribution >= 0.6 is 0 Å². The molecule has 2 saturated carbocycles. The van der Waals surface area contributed by atoms with Crippen LogP contribution in [0.1, 0.15) is 57.8 Å². The summed E-state index contributed by atoms with van der Waals surface area (Å²) < 4.78 is 46.2. The molecule has 12 heteroatoms. The Labute approximate surface area is 227 Å². The molecule has 2 aliphatic heterocycles. The van der Waals surface area contributed by atoms with E-state index in [9.17, 15) is 19.2 Å². The Hall–Kier alpha value is -2.18. The minimum absolute atomic E-state index is 0.00817. The first kappa shape index (κ1) is 29.8. The van der Waals surface area contributed by atoms with Crippen molar-refractivity contribution in [2.45, 2.75) is 75.9 Å². The second-order valence-electron chi connectivity index (χ2n) is 11.3. The Balaban J connectivity index is 1.21. The Kier molecular flexibility index (Phi) is 10.3. The number of nitrogens with zero attached hydrogens (tertiary/aromatic N) is 1. The van der Waals surface area contributed by atoms with Crippen LogP contribution in [-0.4, -0.2) is 93.2 Å². The molecule has 0 aromatic rings. The molecule has 6 atom stereocenters. The van der Waals surface area contributed by atoms with Gasteiger partial charge >= 0.3 is 5.92 Å². The fourth-order valence-corrected chi connectivity index (χ4v) is 6.57. The molecular formula is C27H41F2N3O7. The van der Waals surface area contributed by atoms with Crippen molar-refractivity contribution in [3.63, 3.8) is 0 Å². The van der Waals surface area contributed by atoms with Crippen LogP contribution in [0.5, 0.6) is 0 Å².